The molecule has 2 heteroatoms. The van der Waals surface area contributed by atoms with Crippen LogP contribution in [0, 0.1) is 23.7 Å². The second-order valence-electron chi connectivity index (χ2n) is 6.06. The van der Waals surface area contributed by atoms with Crippen molar-refractivity contribution in [2.45, 2.75) is 33.2 Å². The first-order valence-corrected chi connectivity index (χ1v) is 7.69. The van der Waals surface area contributed by atoms with E-state index in [0.29, 0.717) is 6.54 Å². The third-order valence-electron chi connectivity index (χ3n) is 4.27. The third kappa shape index (κ3) is 4.37. The van der Waals surface area contributed by atoms with Gasteiger partial charge in [0.15, 0.2) is 0 Å². The summed E-state index contributed by atoms with van der Waals surface area (Å²) in [5, 5.41) is 0. The number of hydrogen-bond acceptors (Lipinski definition) is 2. The Labute approximate surface area is 123 Å². The van der Waals surface area contributed by atoms with Gasteiger partial charge in [-0.2, -0.15) is 0 Å². The molecule has 1 aliphatic heterocycles. The fraction of sp³-hybridized carbons (Fsp3) is 0.556. The fourth-order valence-electron chi connectivity index (χ4n) is 2.88. The number of rotatable bonds is 3. The van der Waals surface area contributed by atoms with E-state index >= 15 is 0 Å². The van der Waals surface area contributed by atoms with Gasteiger partial charge < -0.3 is 5.73 Å². The Balaban J connectivity index is 1.85. The van der Waals surface area contributed by atoms with Gasteiger partial charge in [-0.3, -0.25) is 4.90 Å². The molecule has 0 radical (unpaired) electrons. The van der Waals surface area contributed by atoms with Crippen LogP contribution in [-0.2, 0) is 6.54 Å². The Morgan fingerprint density at radius 2 is 1.85 bits per heavy atom. The van der Waals surface area contributed by atoms with Crippen LogP contribution in [0.25, 0.3) is 0 Å². The SMILES string of the molecule is CC(C)C1CCN(Cc2ccc(C#CCN)cc2)CC1. The van der Waals surface area contributed by atoms with Crippen LogP contribution in [0.1, 0.15) is 37.8 Å². The van der Waals surface area contributed by atoms with Crippen molar-refractivity contribution in [1.29, 1.82) is 0 Å². The van der Waals surface area contributed by atoms with E-state index in [2.05, 4.69) is 54.9 Å². The van der Waals surface area contributed by atoms with E-state index in [1.807, 2.05) is 0 Å². The normalized spacial score (nSPS) is 17.0. The second kappa shape index (κ2) is 7.47. The molecular weight excluding hydrogens is 244 g/mol. The van der Waals surface area contributed by atoms with Gasteiger partial charge in [0.25, 0.3) is 0 Å². The molecule has 0 aliphatic carbocycles. The molecule has 108 valence electrons. The highest BCUT2D eigenvalue weighted by Crippen LogP contribution is 2.25. The van der Waals surface area contributed by atoms with Crippen LogP contribution in [0.2, 0.25) is 0 Å². The number of nitrogens with two attached hydrogens (primary N) is 1. The van der Waals surface area contributed by atoms with Crippen LogP contribution in [0.5, 0.6) is 0 Å². The van der Waals surface area contributed by atoms with Crippen molar-refractivity contribution in [1.82, 2.24) is 4.90 Å². The Hall–Kier alpha value is -1.30. The molecule has 0 atom stereocenters. The molecule has 1 saturated heterocycles. The van der Waals surface area contributed by atoms with Gasteiger partial charge in [0.1, 0.15) is 0 Å². The lowest BCUT2D eigenvalue weighted by Gasteiger charge is -2.33. The van der Waals surface area contributed by atoms with E-state index < -0.39 is 0 Å². The molecular formula is C18H26N2. The first-order valence-electron chi connectivity index (χ1n) is 7.69. The lowest BCUT2D eigenvalue weighted by molar-refractivity contribution is 0.152. The molecule has 0 unspecified atom stereocenters. The summed E-state index contributed by atoms with van der Waals surface area (Å²) >= 11 is 0. The van der Waals surface area contributed by atoms with E-state index in [9.17, 15) is 0 Å². The zero-order chi connectivity index (χ0) is 14.4. The molecule has 1 aliphatic rings. The van der Waals surface area contributed by atoms with Crippen LogP contribution >= 0.6 is 0 Å². The minimum Gasteiger partial charge on any atom is -0.320 e. The number of hydrogen-bond donors (Lipinski definition) is 1. The van der Waals surface area contributed by atoms with Crippen LogP contribution in [0.3, 0.4) is 0 Å². The average molecular weight is 270 g/mol. The van der Waals surface area contributed by atoms with E-state index in [1.165, 1.54) is 31.5 Å². The summed E-state index contributed by atoms with van der Waals surface area (Å²) in [5.41, 5.74) is 7.82. The predicted molar refractivity (Wildman–Crippen MR) is 85.2 cm³/mol. The molecule has 20 heavy (non-hydrogen) atoms. The Morgan fingerprint density at radius 3 is 2.40 bits per heavy atom. The van der Waals surface area contributed by atoms with Gasteiger partial charge >= 0.3 is 0 Å². The van der Waals surface area contributed by atoms with Gasteiger partial charge in [0, 0.05) is 12.1 Å². The summed E-state index contributed by atoms with van der Waals surface area (Å²) in [6, 6.07) is 8.57. The molecule has 0 bridgehead atoms. The number of nitrogens with zero attached hydrogens (tertiary/aromatic N) is 1. The van der Waals surface area contributed by atoms with Crippen molar-refractivity contribution in [3.05, 3.63) is 35.4 Å². The zero-order valence-electron chi connectivity index (χ0n) is 12.7. The first kappa shape index (κ1) is 15.1. The molecule has 0 spiro atoms. The smallest absolute Gasteiger partial charge is 0.0555 e. The summed E-state index contributed by atoms with van der Waals surface area (Å²) in [5.74, 6) is 7.70. The Morgan fingerprint density at radius 1 is 1.20 bits per heavy atom. The minimum absolute atomic E-state index is 0.423. The van der Waals surface area contributed by atoms with E-state index in [4.69, 9.17) is 5.73 Å². The summed E-state index contributed by atoms with van der Waals surface area (Å²) in [6.45, 7) is 8.65. The van der Waals surface area contributed by atoms with Gasteiger partial charge in [-0.25, -0.2) is 0 Å². The summed E-state index contributed by atoms with van der Waals surface area (Å²) in [6.07, 6.45) is 2.69. The summed E-state index contributed by atoms with van der Waals surface area (Å²) in [7, 11) is 0. The highest BCUT2D eigenvalue weighted by atomic mass is 15.1. The number of benzene rings is 1. The van der Waals surface area contributed by atoms with Gasteiger partial charge in [-0.1, -0.05) is 37.8 Å². The van der Waals surface area contributed by atoms with Gasteiger partial charge in [0.2, 0.25) is 0 Å². The summed E-state index contributed by atoms with van der Waals surface area (Å²) in [4.78, 5) is 2.57. The fourth-order valence-corrected chi connectivity index (χ4v) is 2.88. The molecule has 0 aromatic heterocycles. The first-order chi connectivity index (χ1) is 9.69. The lowest BCUT2D eigenvalue weighted by Crippen LogP contribution is -2.34. The molecule has 1 aromatic carbocycles. The summed E-state index contributed by atoms with van der Waals surface area (Å²) < 4.78 is 0. The van der Waals surface area contributed by atoms with Crippen molar-refractivity contribution in [3.63, 3.8) is 0 Å². The van der Waals surface area contributed by atoms with Crippen molar-refractivity contribution in [2.24, 2.45) is 17.6 Å². The monoisotopic (exact) mass is 270 g/mol. The molecule has 1 heterocycles. The van der Waals surface area contributed by atoms with Crippen molar-refractivity contribution in [3.8, 4) is 11.8 Å². The predicted octanol–water partition coefficient (Wildman–Crippen LogP) is 2.86. The maximum absolute atomic E-state index is 5.38. The highest BCUT2D eigenvalue weighted by molar-refractivity contribution is 5.36. The number of likely N-dealkylation sites (tertiary alicyclic amines) is 1. The van der Waals surface area contributed by atoms with Crippen molar-refractivity contribution < 1.29 is 0 Å². The van der Waals surface area contributed by atoms with Gasteiger partial charge in [-0.15, -0.1) is 0 Å². The quantitative estimate of drug-likeness (QED) is 0.856. The van der Waals surface area contributed by atoms with Crippen LogP contribution < -0.4 is 5.73 Å². The van der Waals surface area contributed by atoms with Crippen LogP contribution in [0.15, 0.2) is 24.3 Å². The topological polar surface area (TPSA) is 29.3 Å². The van der Waals surface area contributed by atoms with Gasteiger partial charge in [-0.05, 0) is 55.5 Å². The van der Waals surface area contributed by atoms with Crippen molar-refractivity contribution >= 4 is 0 Å². The Kier molecular flexibility index (Phi) is 5.64. The third-order valence-corrected chi connectivity index (χ3v) is 4.27. The standard InChI is InChI=1S/C18H26N2/c1-15(2)18-9-12-20(13-10-18)14-17-7-5-16(6-8-17)4-3-11-19/h5-8,15,18H,9-14,19H2,1-2H3. The molecule has 0 amide bonds. The molecule has 1 fully saturated rings. The lowest BCUT2D eigenvalue weighted by atomic mass is 9.86. The maximum atomic E-state index is 5.38. The molecule has 2 rings (SSSR count). The largest absolute Gasteiger partial charge is 0.320 e. The Bertz CT molecular complexity index is 456. The van der Waals surface area contributed by atoms with Crippen LogP contribution in [0.4, 0.5) is 0 Å². The highest BCUT2D eigenvalue weighted by Gasteiger charge is 2.21. The minimum atomic E-state index is 0.423. The maximum Gasteiger partial charge on any atom is 0.0555 e. The van der Waals surface area contributed by atoms with Crippen LogP contribution in [-0.4, -0.2) is 24.5 Å². The number of piperidine rings is 1. The molecule has 2 nitrogen and oxygen atoms in total. The van der Waals surface area contributed by atoms with Gasteiger partial charge in [0.05, 0.1) is 6.54 Å². The second-order valence-corrected chi connectivity index (χ2v) is 6.06. The molecule has 0 saturated carbocycles. The van der Waals surface area contributed by atoms with E-state index in [0.717, 1.165) is 23.9 Å². The van der Waals surface area contributed by atoms with Crippen molar-refractivity contribution in [2.75, 3.05) is 19.6 Å². The average Bonchev–Trinajstić information content (AvgIpc) is 2.47. The van der Waals surface area contributed by atoms with E-state index in [-0.39, 0.29) is 0 Å². The molecule has 1 aromatic rings. The molecule has 2 N–H and O–H groups in total. The zero-order valence-corrected chi connectivity index (χ0v) is 12.7. The van der Waals surface area contributed by atoms with E-state index in [1.54, 1.807) is 0 Å².